The Hall–Kier alpha value is -2.66. The van der Waals surface area contributed by atoms with Crippen LogP contribution in [0.1, 0.15) is 24.0 Å². The van der Waals surface area contributed by atoms with Gasteiger partial charge in [0, 0.05) is 40.2 Å². The molecule has 1 N–H and O–H groups in total. The Balaban J connectivity index is 1.67. The zero-order valence-electron chi connectivity index (χ0n) is 16.7. The van der Waals surface area contributed by atoms with Crippen LogP contribution < -0.4 is 5.32 Å². The number of rotatable bonds is 7. The molecule has 3 rings (SSSR count). The monoisotopic (exact) mass is 379 g/mol. The fourth-order valence-corrected chi connectivity index (χ4v) is 3.86. The third-order valence-corrected chi connectivity index (χ3v) is 5.48. The zero-order valence-corrected chi connectivity index (χ0v) is 16.7. The predicted octanol–water partition coefficient (Wildman–Crippen LogP) is 2.67. The van der Waals surface area contributed by atoms with E-state index in [1.165, 1.54) is 0 Å². The molecule has 2 aromatic carbocycles. The van der Waals surface area contributed by atoms with E-state index >= 15 is 0 Å². The van der Waals surface area contributed by atoms with Crippen molar-refractivity contribution in [2.24, 2.45) is 5.41 Å². The molecule has 0 radical (unpaired) electrons. The third-order valence-electron chi connectivity index (χ3n) is 5.48. The first kappa shape index (κ1) is 20.1. The maximum atomic E-state index is 13.3. The van der Waals surface area contributed by atoms with Gasteiger partial charge in [-0.15, -0.1) is 0 Å². The Morgan fingerprint density at radius 1 is 0.893 bits per heavy atom. The van der Waals surface area contributed by atoms with Gasteiger partial charge in [-0.05, 0) is 24.1 Å². The van der Waals surface area contributed by atoms with E-state index in [4.69, 9.17) is 0 Å². The third kappa shape index (κ3) is 4.78. The molecule has 0 aliphatic carbocycles. The van der Waals surface area contributed by atoms with Gasteiger partial charge in [0.1, 0.15) is 0 Å². The number of carbonyl (C=O) groups is 2. The highest BCUT2D eigenvalue weighted by Crippen LogP contribution is 2.33. The maximum absolute atomic E-state index is 13.3. The molecule has 1 unspecified atom stereocenters. The molecule has 1 aliphatic rings. The minimum atomic E-state index is -0.661. The molecule has 2 amide bonds. The first-order valence-electron chi connectivity index (χ1n) is 9.78. The van der Waals surface area contributed by atoms with Crippen LogP contribution in [0.4, 0.5) is 0 Å². The molecule has 5 nitrogen and oxygen atoms in total. The van der Waals surface area contributed by atoms with E-state index in [2.05, 4.69) is 5.32 Å². The highest BCUT2D eigenvalue weighted by Gasteiger charge is 2.45. The van der Waals surface area contributed by atoms with Crippen LogP contribution in [0.3, 0.4) is 0 Å². The number of nitrogens with zero attached hydrogens (tertiary/aromatic N) is 2. The average Bonchev–Trinajstić information content (AvgIpc) is 3.18. The first-order valence-corrected chi connectivity index (χ1v) is 9.78. The lowest BCUT2D eigenvalue weighted by molar-refractivity contribution is -0.146. The van der Waals surface area contributed by atoms with Gasteiger partial charge in [0.05, 0.1) is 5.41 Å². The van der Waals surface area contributed by atoms with Crippen LogP contribution in [0.15, 0.2) is 60.7 Å². The molecule has 1 fully saturated rings. The van der Waals surface area contributed by atoms with Gasteiger partial charge < -0.3 is 15.1 Å². The first-order chi connectivity index (χ1) is 13.5. The van der Waals surface area contributed by atoms with Gasteiger partial charge in [-0.25, -0.2) is 0 Å². The molecular weight excluding hydrogens is 350 g/mol. The molecule has 2 aromatic rings. The van der Waals surface area contributed by atoms with E-state index in [1.54, 1.807) is 9.80 Å². The van der Waals surface area contributed by atoms with Crippen molar-refractivity contribution in [3.8, 4) is 0 Å². The standard InChI is InChI=1S/C23H29N3O2/c1-25(16-19-9-5-3-6-10-19)21(27)15-23(13-14-24-18-23)22(28)26(2)17-20-11-7-4-8-12-20/h3-12,24H,13-18H2,1-2H3. The van der Waals surface area contributed by atoms with Crippen molar-refractivity contribution in [1.29, 1.82) is 0 Å². The molecular formula is C23H29N3O2. The largest absolute Gasteiger partial charge is 0.341 e. The summed E-state index contributed by atoms with van der Waals surface area (Å²) in [7, 11) is 3.64. The van der Waals surface area contributed by atoms with Crippen LogP contribution in [0.25, 0.3) is 0 Å². The highest BCUT2D eigenvalue weighted by molar-refractivity contribution is 5.89. The van der Waals surface area contributed by atoms with Crippen LogP contribution >= 0.6 is 0 Å². The number of carbonyl (C=O) groups excluding carboxylic acids is 2. The topological polar surface area (TPSA) is 52.7 Å². The summed E-state index contributed by atoms with van der Waals surface area (Å²) in [5, 5.41) is 3.29. The van der Waals surface area contributed by atoms with Crippen molar-refractivity contribution in [2.75, 3.05) is 27.2 Å². The lowest BCUT2D eigenvalue weighted by atomic mass is 9.81. The quantitative estimate of drug-likeness (QED) is 0.805. The summed E-state index contributed by atoms with van der Waals surface area (Å²) in [6.45, 7) is 2.42. The fraction of sp³-hybridized carbons (Fsp3) is 0.391. The number of nitrogens with one attached hydrogen (secondary N) is 1. The lowest BCUT2D eigenvalue weighted by Crippen LogP contribution is -2.46. The van der Waals surface area contributed by atoms with E-state index in [9.17, 15) is 9.59 Å². The minimum Gasteiger partial charge on any atom is -0.341 e. The smallest absolute Gasteiger partial charge is 0.230 e. The van der Waals surface area contributed by atoms with E-state index < -0.39 is 5.41 Å². The van der Waals surface area contributed by atoms with Crippen molar-refractivity contribution in [3.05, 3.63) is 71.8 Å². The van der Waals surface area contributed by atoms with E-state index in [1.807, 2.05) is 74.8 Å². The van der Waals surface area contributed by atoms with Crippen LogP contribution in [-0.2, 0) is 22.7 Å². The molecule has 28 heavy (non-hydrogen) atoms. The molecule has 1 atom stereocenters. The Morgan fingerprint density at radius 3 is 1.93 bits per heavy atom. The SMILES string of the molecule is CN(Cc1ccccc1)C(=O)CC1(C(=O)N(C)Cc2ccccc2)CCNC1. The van der Waals surface area contributed by atoms with E-state index in [0.717, 1.165) is 17.7 Å². The van der Waals surface area contributed by atoms with Gasteiger partial charge in [-0.3, -0.25) is 9.59 Å². The predicted molar refractivity (Wildman–Crippen MR) is 110 cm³/mol. The summed E-state index contributed by atoms with van der Waals surface area (Å²) >= 11 is 0. The molecule has 5 heteroatoms. The summed E-state index contributed by atoms with van der Waals surface area (Å²) in [6.07, 6.45) is 0.928. The van der Waals surface area contributed by atoms with Gasteiger partial charge in [-0.2, -0.15) is 0 Å². The highest BCUT2D eigenvalue weighted by atomic mass is 16.2. The van der Waals surface area contributed by atoms with Gasteiger partial charge >= 0.3 is 0 Å². The molecule has 1 heterocycles. The van der Waals surface area contributed by atoms with E-state index in [-0.39, 0.29) is 18.2 Å². The summed E-state index contributed by atoms with van der Waals surface area (Å²) in [6, 6.07) is 19.9. The summed E-state index contributed by atoms with van der Waals surface area (Å²) in [5.41, 5.74) is 1.52. The number of hydrogen-bond donors (Lipinski definition) is 1. The second-order valence-corrected chi connectivity index (χ2v) is 7.77. The number of amides is 2. The molecule has 148 valence electrons. The maximum Gasteiger partial charge on any atom is 0.230 e. The van der Waals surface area contributed by atoms with Gasteiger partial charge in [0.25, 0.3) is 0 Å². The lowest BCUT2D eigenvalue weighted by Gasteiger charge is -2.33. The molecule has 0 spiro atoms. The van der Waals surface area contributed by atoms with Crippen LogP contribution in [0.2, 0.25) is 0 Å². The molecule has 0 bridgehead atoms. The summed E-state index contributed by atoms with van der Waals surface area (Å²) < 4.78 is 0. The summed E-state index contributed by atoms with van der Waals surface area (Å²) in [4.78, 5) is 29.7. The number of hydrogen-bond acceptors (Lipinski definition) is 3. The van der Waals surface area contributed by atoms with Crippen LogP contribution in [-0.4, -0.2) is 48.8 Å². The van der Waals surface area contributed by atoms with Crippen LogP contribution in [0.5, 0.6) is 0 Å². The second kappa shape index (κ2) is 9.02. The normalized spacial score (nSPS) is 18.6. The van der Waals surface area contributed by atoms with Gasteiger partial charge in [-0.1, -0.05) is 60.7 Å². The Kier molecular flexibility index (Phi) is 6.47. The van der Waals surface area contributed by atoms with Crippen molar-refractivity contribution in [3.63, 3.8) is 0 Å². The Morgan fingerprint density at radius 2 is 1.43 bits per heavy atom. The number of benzene rings is 2. The van der Waals surface area contributed by atoms with Crippen molar-refractivity contribution >= 4 is 11.8 Å². The minimum absolute atomic E-state index is 0.00835. The van der Waals surface area contributed by atoms with Crippen LogP contribution in [0, 0.1) is 5.41 Å². The van der Waals surface area contributed by atoms with E-state index in [0.29, 0.717) is 26.1 Å². The second-order valence-electron chi connectivity index (χ2n) is 7.77. The molecule has 0 saturated carbocycles. The van der Waals surface area contributed by atoms with Crippen molar-refractivity contribution < 1.29 is 9.59 Å². The zero-order chi connectivity index (χ0) is 20.0. The Bertz CT molecular complexity index is 786. The molecule has 1 saturated heterocycles. The van der Waals surface area contributed by atoms with Crippen molar-refractivity contribution in [2.45, 2.75) is 25.9 Å². The van der Waals surface area contributed by atoms with Crippen molar-refractivity contribution in [1.82, 2.24) is 15.1 Å². The van der Waals surface area contributed by atoms with Gasteiger partial charge in [0.2, 0.25) is 11.8 Å². The molecule has 0 aromatic heterocycles. The molecule has 1 aliphatic heterocycles. The van der Waals surface area contributed by atoms with Gasteiger partial charge in [0.15, 0.2) is 0 Å². The average molecular weight is 380 g/mol. The Labute approximate surface area is 167 Å². The summed E-state index contributed by atoms with van der Waals surface area (Å²) in [5.74, 6) is 0.0526. The fourth-order valence-electron chi connectivity index (χ4n) is 3.86.